The van der Waals surface area contributed by atoms with Crippen molar-refractivity contribution in [2.45, 2.75) is 108 Å². The lowest BCUT2D eigenvalue weighted by Crippen LogP contribution is -2.61. The molecule has 8 atom stereocenters. The Bertz CT molecular complexity index is 2380. The number of aromatic amines is 1. The summed E-state index contributed by atoms with van der Waals surface area (Å²) in [5, 5.41) is 40.2. The lowest BCUT2D eigenvalue weighted by atomic mass is 9.97. The van der Waals surface area contributed by atoms with Crippen LogP contribution < -0.4 is 41.7 Å². The molecule has 0 radical (unpaired) electrons. The van der Waals surface area contributed by atoms with Crippen molar-refractivity contribution < 1.29 is 76.8 Å². The van der Waals surface area contributed by atoms with E-state index in [4.69, 9.17) is 4.74 Å². The Morgan fingerprint density at radius 1 is 0.855 bits per heavy atom. The molecule has 0 fully saturated rings. The maximum Gasteiger partial charge on any atom is 0.525 e. The Kier molecular flexibility index (Phi) is 19.4. The Balaban J connectivity index is 2.07. The van der Waals surface area contributed by atoms with Crippen LogP contribution in [0.4, 0.5) is 10.5 Å². The summed E-state index contributed by atoms with van der Waals surface area (Å²) >= 11 is 0.740. The van der Waals surface area contributed by atoms with Gasteiger partial charge in [-0.15, -0.1) is 11.8 Å². The van der Waals surface area contributed by atoms with Crippen LogP contribution in [0.1, 0.15) is 65.9 Å². The smallest absolute Gasteiger partial charge is 0.469 e. The van der Waals surface area contributed by atoms with Crippen LogP contribution in [0.25, 0.3) is 10.9 Å². The number of nitro benzene ring substituents is 1. The van der Waals surface area contributed by atoms with E-state index in [1.165, 1.54) is 6.92 Å². The fourth-order valence-corrected chi connectivity index (χ4v) is 8.63. The van der Waals surface area contributed by atoms with Crippen LogP contribution in [0, 0.1) is 22.0 Å². The van der Waals surface area contributed by atoms with E-state index >= 15 is 0 Å². The lowest BCUT2D eigenvalue weighted by molar-refractivity contribution is -0.385. The molecule has 4 rings (SSSR count). The number of rotatable bonds is 12. The number of hydrogen-bond acceptors (Lipinski definition) is 16. The number of phosphoric acid groups is 1. The van der Waals surface area contributed by atoms with Gasteiger partial charge in [0.05, 0.1) is 54.7 Å². The molecule has 0 saturated heterocycles. The van der Waals surface area contributed by atoms with Gasteiger partial charge in [-0.05, 0) is 23.8 Å². The summed E-state index contributed by atoms with van der Waals surface area (Å²) in [6, 6.07) is -7.70. The molecule has 11 N–H and O–H groups in total. The summed E-state index contributed by atoms with van der Waals surface area (Å²) in [6.45, 7) is 5.85. The molecule has 9 amide bonds. The normalized spacial score (nSPS) is 23.2. The number of aromatic nitrogens is 1. The Hall–Kier alpha value is -6.35. The van der Waals surface area contributed by atoms with E-state index < -0.39 is 164 Å². The van der Waals surface area contributed by atoms with Crippen molar-refractivity contribution in [2.24, 2.45) is 11.8 Å². The van der Waals surface area contributed by atoms with Crippen LogP contribution in [-0.4, -0.2) is 152 Å². The van der Waals surface area contributed by atoms with Gasteiger partial charge in [0.15, 0.2) is 0 Å². The molecule has 380 valence electrons. The van der Waals surface area contributed by atoms with Crippen molar-refractivity contribution in [3.05, 3.63) is 27.8 Å². The number of β-amino-alcohol motifs (C(OH)–C–C–N with tert-alkyl or cyclic N) is 1. The quantitative estimate of drug-likeness (QED) is 0.0510. The molecule has 1 aromatic carbocycles. The molecule has 0 saturated carbocycles. The number of amides is 9. The predicted octanol–water partition coefficient (Wildman–Crippen LogP) is -1.29. The average Bonchev–Trinajstić information content (AvgIpc) is 3.63. The zero-order valence-corrected chi connectivity index (χ0v) is 40.2. The fraction of sp³-hybridized carbons (Fsp3) is 0.575. The molecule has 2 bridgehead atoms. The Labute approximate surface area is 398 Å². The van der Waals surface area contributed by atoms with Gasteiger partial charge < -0.3 is 56.6 Å². The van der Waals surface area contributed by atoms with E-state index in [0.717, 1.165) is 31.0 Å². The van der Waals surface area contributed by atoms with Gasteiger partial charge in [-0.25, -0.2) is 9.36 Å². The summed E-state index contributed by atoms with van der Waals surface area (Å²) in [5.41, 5.74) is -1.02. The predicted molar refractivity (Wildman–Crippen MR) is 242 cm³/mol. The number of methoxy groups -OCH3 is 1. The molecule has 2 aliphatic rings. The van der Waals surface area contributed by atoms with Gasteiger partial charge >= 0.3 is 25.5 Å². The fourth-order valence-electron chi connectivity index (χ4n) is 7.11. The highest BCUT2D eigenvalue weighted by Gasteiger charge is 2.39. The van der Waals surface area contributed by atoms with Crippen molar-refractivity contribution in [3.8, 4) is 5.75 Å². The first-order chi connectivity index (χ1) is 32.4. The minimum Gasteiger partial charge on any atom is -0.469 e. The number of imide groups is 1. The van der Waals surface area contributed by atoms with Gasteiger partial charge in [-0.3, -0.25) is 63.2 Å². The second kappa shape index (κ2) is 24.3. The topological polar surface area (TPSA) is 396 Å². The average molecular weight is 1010 g/mol. The maximum absolute atomic E-state index is 14.5. The molecule has 0 spiro atoms. The molecule has 2 aromatic rings. The number of carbonyl (C=O) groups excluding carboxylic acids is 9. The number of carbonyl (C=O) groups is 9. The minimum atomic E-state index is -5.41. The number of phosphoric ester groups is 1. The van der Waals surface area contributed by atoms with Gasteiger partial charge in [0.2, 0.25) is 41.2 Å². The Morgan fingerprint density at radius 3 is 2.04 bits per heavy atom. The first-order valence-corrected chi connectivity index (χ1v) is 24.3. The second-order valence-electron chi connectivity index (χ2n) is 16.4. The summed E-state index contributed by atoms with van der Waals surface area (Å²) in [4.78, 5) is 159. The molecule has 69 heavy (non-hydrogen) atoms. The summed E-state index contributed by atoms with van der Waals surface area (Å²) in [5.74, 6) is -10.9. The van der Waals surface area contributed by atoms with Gasteiger partial charge in [-0.2, -0.15) is 0 Å². The molecule has 0 aliphatic carbocycles. The second-order valence-corrected chi connectivity index (χ2v) is 18.6. The molecule has 27 nitrogen and oxygen atoms in total. The van der Waals surface area contributed by atoms with E-state index in [1.54, 1.807) is 27.7 Å². The number of aliphatic hydroxyl groups is 1. The number of nitro groups is 1. The van der Waals surface area contributed by atoms with Crippen LogP contribution in [-0.2, 0) is 54.1 Å². The number of urea groups is 1. The third kappa shape index (κ3) is 14.8. The lowest BCUT2D eigenvalue weighted by Gasteiger charge is -2.31. The van der Waals surface area contributed by atoms with Crippen LogP contribution in [0.2, 0.25) is 0 Å². The number of hydrogen-bond donors (Lipinski definition) is 11. The Morgan fingerprint density at radius 2 is 1.46 bits per heavy atom. The van der Waals surface area contributed by atoms with Crippen molar-refractivity contribution in [3.63, 3.8) is 0 Å². The number of nitrogens with zero attached hydrogens (tertiary/aromatic N) is 2. The van der Waals surface area contributed by atoms with Crippen LogP contribution in [0.5, 0.6) is 5.75 Å². The number of thioether (sulfide) groups is 1. The van der Waals surface area contributed by atoms with Crippen LogP contribution >= 0.6 is 19.6 Å². The number of H-pyrrole nitrogens is 1. The monoisotopic (exact) mass is 1010 g/mol. The maximum atomic E-state index is 14.5. The molecular weight excluding hydrogens is 956 g/mol. The zero-order valence-electron chi connectivity index (χ0n) is 38.4. The third-order valence-corrected chi connectivity index (χ3v) is 13.0. The van der Waals surface area contributed by atoms with E-state index in [1.807, 2.05) is 0 Å². The molecule has 2 aliphatic heterocycles. The number of aliphatic hydroxyl groups excluding tert-OH is 1. The highest BCUT2D eigenvalue weighted by Crippen LogP contribution is 2.45. The molecule has 1 aromatic heterocycles. The van der Waals surface area contributed by atoms with Crippen molar-refractivity contribution >= 4 is 89.5 Å². The highest BCUT2D eigenvalue weighted by molar-refractivity contribution is 7.99. The number of esters is 1. The minimum absolute atomic E-state index is 0.00511. The van der Waals surface area contributed by atoms with E-state index in [2.05, 4.69) is 46.7 Å². The van der Waals surface area contributed by atoms with Gasteiger partial charge in [0.25, 0.3) is 5.91 Å². The van der Waals surface area contributed by atoms with Crippen molar-refractivity contribution in [1.82, 2.24) is 47.1 Å². The van der Waals surface area contributed by atoms with Gasteiger partial charge in [-0.1, -0.05) is 47.5 Å². The summed E-state index contributed by atoms with van der Waals surface area (Å²) in [6.07, 6.45) is -2.28. The first kappa shape index (κ1) is 55.2. The van der Waals surface area contributed by atoms with E-state index in [0.29, 0.717) is 11.3 Å². The molecule has 29 heteroatoms. The standard InChI is InChI=1S/C40H57N10O17PS/c1-7-18(4)32-36(57)42-14-29(52)43-26-17-69-38-22(21-11-27(50(61)62)28(12-23(21)46-38)67-68(63,64)65)10-24(34(55)41-15-30(53)47-32)44-37(58)33(19(5)8-2)48-40(60)49(16-20(51)9-3)39(59)25(45-35(26)56)13-31(54)66-6/h11-12,18-20,24-26,32-33,46,51H,7-10,13-17H2,1-6H3,(H,41,55)(H,42,57)(H,43,52)(H,44,58)(H,45,56)(H,47,53)(H,48,60)(H2,63,64,65)/t18-,19-,20+,24-,25-,26-,32-,33-/m0/s1. The number of ether oxygens (including phenoxy) is 1. The summed E-state index contributed by atoms with van der Waals surface area (Å²) < 4.78 is 21.3. The number of benzene rings is 1. The van der Waals surface area contributed by atoms with Gasteiger partial charge in [0, 0.05) is 29.7 Å². The molecule has 3 heterocycles. The number of fused-ring (bicyclic) bond motifs is 4. The third-order valence-electron chi connectivity index (χ3n) is 11.5. The van der Waals surface area contributed by atoms with Gasteiger partial charge in [0.1, 0.15) is 30.2 Å². The SMILES string of the molecule is CC[C@@H](O)CN1C(=O)N[C@@H]([C@@H](C)CC)C(=O)N[C@H]2Cc3c([nH]c4cc(OP(=O)(O)O)c([N+](=O)[O-])cc34)SC[C@H](NC(=O)CNC(=O)[C@H]([C@@H](C)CC)NC(=O)CNC2=O)C(=O)N[C@@H](CC(=O)OC)C1=O. The first-order valence-electron chi connectivity index (χ1n) is 21.7. The highest BCUT2D eigenvalue weighted by atomic mass is 32.2. The number of nitrogens with one attached hydrogen (secondary N) is 8. The van der Waals surface area contributed by atoms with E-state index in [9.17, 15) is 72.7 Å². The van der Waals surface area contributed by atoms with Crippen LogP contribution in [0.3, 0.4) is 0 Å². The van der Waals surface area contributed by atoms with Crippen molar-refractivity contribution in [1.29, 1.82) is 0 Å². The largest absolute Gasteiger partial charge is 0.525 e. The van der Waals surface area contributed by atoms with Crippen molar-refractivity contribution in [2.75, 3.05) is 32.5 Å². The van der Waals surface area contributed by atoms with E-state index in [-0.39, 0.29) is 34.3 Å². The zero-order chi connectivity index (χ0) is 51.5. The molecule has 0 unspecified atom stereocenters. The summed E-state index contributed by atoms with van der Waals surface area (Å²) in [7, 11) is -4.42. The molecular formula is C40H57N10O17PS. The van der Waals surface area contributed by atoms with Crippen LogP contribution in [0.15, 0.2) is 17.2 Å².